The number of hydrogen-bond acceptors (Lipinski definition) is 7. The number of aliphatic imine (C=N–C) groups is 1. The number of benzene rings is 1. The zero-order valence-electron chi connectivity index (χ0n) is 18.3. The fourth-order valence-corrected chi connectivity index (χ4v) is 3.47. The normalized spacial score (nSPS) is 18.3. The summed E-state index contributed by atoms with van der Waals surface area (Å²) >= 11 is 6.17. The Hall–Kier alpha value is -3.24. The Bertz CT molecular complexity index is 1080. The van der Waals surface area contributed by atoms with Crippen molar-refractivity contribution in [2.45, 2.75) is 20.3 Å². The number of aliphatic hydroxyl groups is 1. The Morgan fingerprint density at radius 1 is 1.36 bits per heavy atom. The predicted octanol–water partition coefficient (Wildman–Crippen LogP) is 1.92. The van der Waals surface area contributed by atoms with Gasteiger partial charge in [-0.05, 0) is 26.0 Å². The number of allylic oxidation sites excluding steroid dienone is 2. The lowest BCUT2D eigenvalue weighted by Crippen LogP contribution is -2.30. The van der Waals surface area contributed by atoms with Gasteiger partial charge in [-0.1, -0.05) is 11.6 Å². The molecule has 1 aromatic rings. The van der Waals surface area contributed by atoms with Crippen molar-refractivity contribution in [1.82, 2.24) is 15.5 Å². The van der Waals surface area contributed by atoms with Crippen LogP contribution in [0.15, 0.2) is 45.3 Å². The highest BCUT2D eigenvalue weighted by molar-refractivity contribution is 6.43. The van der Waals surface area contributed by atoms with Crippen LogP contribution >= 0.6 is 11.6 Å². The summed E-state index contributed by atoms with van der Waals surface area (Å²) in [5, 5.41) is 23.2. The maximum absolute atomic E-state index is 13.8. The van der Waals surface area contributed by atoms with Crippen molar-refractivity contribution in [3.05, 3.63) is 51.7 Å². The van der Waals surface area contributed by atoms with Crippen molar-refractivity contribution < 1.29 is 23.8 Å². The number of halogens is 2. The zero-order chi connectivity index (χ0) is 24.1. The van der Waals surface area contributed by atoms with E-state index in [-0.39, 0.29) is 62.2 Å². The highest BCUT2D eigenvalue weighted by atomic mass is 35.5. The minimum absolute atomic E-state index is 0.0102. The number of likely N-dealkylation sites (tertiary alicyclic amines) is 1. The number of nitrogens with zero attached hydrogens (tertiary/aromatic N) is 2. The Morgan fingerprint density at radius 2 is 2.12 bits per heavy atom. The third-order valence-corrected chi connectivity index (χ3v) is 5.62. The highest BCUT2D eigenvalue weighted by Crippen LogP contribution is 2.27. The van der Waals surface area contributed by atoms with E-state index in [0.29, 0.717) is 27.8 Å². The van der Waals surface area contributed by atoms with Crippen LogP contribution in [0.25, 0.3) is 0 Å². The fraction of sp³-hybridized carbons (Fsp3) is 0.364. The van der Waals surface area contributed by atoms with Gasteiger partial charge < -0.3 is 30.8 Å². The molecule has 2 aliphatic rings. The molecule has 9 nitrogen and oxygen atoms in total. The van der Waals surface area contributed by atoms with Crippen LogP contribution in [0.3, 0.4) is 0 Å². The van der Waals surface area contributed by atoms with Crippen molar-refractivity contribution >= 4 is 34.8 Å². The molecule has 1 fully saturated rings. The first-order valence-electron chi connectivity index (χ1n) is 10.3. The first-order chi connectivity index (χ1) is 15.7. The third kappa shape index (κ3) is 5.77. The highest BCUT2D eigenvalue weighted by Gasteiger charge is 2.32. The van der Waals surface area contributed by atoms with Crippen LogP contribution in [0.4, 0.5) is 4.39 Å². The van der Waals surface area contributed by atoms with E-state index in [2.05, 4.69) is 15.6 Å². The van der Waals surface area contributed by atoms with E-state index in [1.807, 2.05) is 0 Å². The lowest BCUT2D eigenvalue weighted by Gasteiger charge is -2.19. The number of carbonyl (C=O) groups excluding carboxylic acids is 2. The summed E-state index contributed by atoms with van der Waals surface area (Å²) < 4.78 is 19.4. The van der Waals surface area contributed by atoms with Crippen LogP contribution in [0.2, 0.25) is 0 Å². The van der Waals surface area contributed by atoms with Gasteiger partial charge in [0.05, 0.1) is 48.3 Å². The number of nitrogens with one attached hydrogen (secondary N) is 3. The van der Waals surface area contributed by atoms with Gasteiger partial charge in [-0.2, -0.15) is 0 Å². The quantitative estimate of drug-likeness (QED) is 0.446. The van der Waals surface area contributed by atoms with Crippen molar-refractivity contribution in [2.75, 3.05) is 32.8 Å². The smallest absolute Gasteiger partial charge is 0.258 e. The number of amides is 2. The molecule has 2 amide bonds. The molecule has 0 radical (unpaired) electrons. The third-order valence-electron chi connectivity index (χ3n) is 5.06. The number of aliphatic hydroxyl groups excluding tert-OH is 1. The minimum atomic E-state index is -0.571. The molecule has 4 N–H and O–H groups in total. The Morgan fingerprint density at radius 3 is 2.82 bits per heavy atom. The number of ether oxygens (including phenoxy) is 1. The average Bonchev–Trinajstić information content (AvgIpc) is 3.16. The lowest BCUT2D eigenvalue weighted by molar-refractivity contribution is -0.121. The molecule has 176 valence electrons. The Balaban J connectivity index is 1.73. The van der Waals surface area contributed by atoms with Gasteiger partial charge in [0.2, 0.25) is 5.91 Å². The monoisotopic (exact) mass is 477 g/mol. The summed E-state index contributed by atoms with van der Waals surface area (Å²) in [6.07, 6.45) is -0.0254. The molecule has 0 bridgehead atoms. The molecule has 0 aromatic heterocycles. The maximum Gasteiger partial charge on any atom is 0.258 e. The predicted molar refractivity (Wildman–Crippen MR) is 122 cm³/mol. The molecule has 0 atom stereocenters. The van der Waals surface area contributed by atoms with E-state index in [1.165, 1.54) is 11.0 Å². The molecular weight excluding hydrogens is 453 g/mol. The topological polar surface area (TPSA) is 127 Å². The minimum Gasteiger partial charge on any atom is -0.491 e. The van der Waals surface area contributed by atoms with Gasteiger partial charge in [-0.3, -0.25) is 9.59 Å². The number of rotatable bonds is 7. The van der Waals surface area contributed by atoms with Gasteiger partial charge in [0, 0.05) is 23.8 Å². The van der Waals surface area contributed by atoms with Gasteiger partial charge in [0.15, 0.2) is 0 Å². The average molecular weight is 478 g/mol. The van der Waals surface area contributed by atoms with Gasteiger partial charge >= 0.3 is 0 Å². The van der Waals surface area contributed by atoms with Crippen molar-refractivity contribution in [3.8, 4) is 5.75 Å². The first kappa shape index (κ1) is 24.4. The number of carbonyl (C=O) groups is 2. The molecule has 2 heterocycles. The summed E-state index contributed by atoms with van der Waals surface area (Å²) in [7, 11) is 0. The SMILES string of the molecule is CC1=N/C(=C2\CN(C(=O)c3ccc(F)cc3OCCNC(=O)CCO)CC2=N)NC(C)=C1Cl. The molecular formula is C22H25ClFN5O4. The Kier molecular flexibility index (Phi) is 7.83. The van der Waals surface area contributed by atoms with Crippen molar-refractivity contribution in [2.24, 2.45) is 4.99 Å². The second kappa shape index (κ2) is 10.6. The summed E-state index contributed by atoms with van der Waals surface area (Å²) in [5.74, 6) is -0.814. The van der Waals surface area contributed by atoms with Crippen LogP contribution in [0, 0.1) is 11.2 Å². The second-order valence-corrected chi connectivity index (χ2v) is 7.92. The summed E-state index contributed by atoms with van der Waals surface area (Å²) in [4.78, 5) is 30.5. The van der Waals surface area contributed by atoms with Gasteiger partial charge in [0.25, 0.3) is 5.91 Å². The molecule has 0 aliphatic carbocycles. The van der Waals surface area contributed by atoms with Crippen LogP contribution in [-0.4, -0.2) is 66.1 Å². The molecule has 1 aromatic carbocycles. The van der Waals surface area contributed by atoms with Crippen LogP contribution in [0.5, 0.6) is 5.75 Å². The molecule has 0 unspecified atom stereocenters. The van der Waals surface area contributed by atoms with Gasteiger partial charge in [-0.25, -0.2) is 9.38 Å². The zero-order valence-corrected chi connectivity index (χ0v) is 19.1. The molecule has 3 rings (SSSR count). The molecule has 11 heteroatoms. The van der Waals surface area contributed by atoms with Crippen LogP contribution in [-0.2, 0) is 4.79 Å². The van der Waals surface area contributed by atoms with Crippen molar-refractivity contribution in [3.63, 3.8) is 0 Å². The largest absolute Gasteiger partial charge is 0.491 e. The lowest BCUT2D eigenvalue weighted by atomic mass is 10.1. The number of hydrogen-bond donors (Lipinski definition) is 4. The van der Waals surface area contributed by atoms with E-state index in [0.717, 1.165) is 12.1 Å². The summed E-state index contributed by atoms with van der Waals surface area (Å²) in [6, 6.07) is 3.60. The Labute approximate surface area is 195 Å². The van der Waals surface area contributed by atoms with E-state index >= 15 is 0 Å². The molecule has 0 spiro atoms. The summed E-state index contributed by atoms with van der Waals surface area (Å²) in [5.41, 5.74) is 2.29. The second-order valence-electron chi connectivity index (χ2n) is 7.54. The van der Waals surface area contributed by atoms with E-state index in [9.17, 15) is 14.0 Å². The van der Waals surface area contributed by atoms with E-state index in [1.54, 1.807) is 13.8 Å². The van der Waals surface area contributed by atoms with E-state index in [4.69, 9.17) is 26.9 Å². The summed E-state index contributed by atoms with van der Waals surface area (Å²) in [6.45, 7) is 3.66. The fourth-order valence-electron chi connectivity index (χ4n) is 3.39. The molecule has 33 heavy (non-hydrogen) atoms. The molecule has 2 aliphatic heterocycles. The standard InChI is InChI=1S/C22H25ClFN5O4/c1-12-20(23)13(2)28-21(27-12)16-10-29(11-17(16)25)22(32)15-4-3-14(24)9-18(15)33-8-6-26-19(31)5-7-30/h3-4,9,25,27,30H,5-8,10-11H2,1-2H3,(H,26,31)/b21-16+,25-17?. The maximum atomic E-state index is 13.8. The van der Waals surface area contributed by atoms with Crippen LogP contribution < -0.4 is 15.4 Å². The van der Waals surface area contributed by atoms with Crippen LogP contribution in [0.1, 0.15) is 30.6 Å². The first-order valence-corrected chi connectivity index (χ1v) is 10.7. The molecule has 1 saturated heterocycles. The molecule has 0 saturated carbocycles. The van der Waals surface area contributed by atoms with Crippen molar-refractivity contribution in [1.29, 1.82) is 5.41 Å². The van der Waals surface area contributed by atoms with E-state index < -0.39 is 11.7 Å². The van der Waals surface area contributed by atoms with Gasteiger partial charge in [0.1, 0.15) is 24.0 Å². The van der Waals surface area contributed by atoms with Gasteiger partial charge in [-0.15, -0.1) is 0 Å².